The lowest BCUT2D eigenvalue weighted by atomic mass is 9.80. The second kappa shape index (κ2) is 9.90. The van der Waals surface area contributed by atoms with Gasteiger partial charge in [-0.2, -0.15) is 13.2 Å². The molecule has 2 aromatic carbocycles. The molecule has 2 saturated heterocycles. The van der Waals surface area contributed by atoms with E-state index in [4.69, 9.17) is 26.2 Å². The highest BCUT2D eigenvalue weighted by atomic mass is 35.5. The number of fused-ring (bicyclic) bond motifs is 1. The zero-order valence-corrected chi connectivity index (χ0v) is 20.1. The van der Waals surface area contributed by atoms with Gasteiger partial charge in [0.15, 0.2) is 0 Å². The summed E-state index contributed by atoms with van der Waals surface area (Å²) in [5, 5.41) is 11.0. The summed E-state index contributed by atoms with van der Waals surface area (Å²) in [6.45, 7) is 1.63. The van der Waals surface area contributed by atoms with Crippen molar-refractivity contribution >= 4 is 35.4 Å². The number of imide groups is 1. The van der Waals surface area contributed by atoms with Gasteiger partial charge in [0.05, 0.1) is 18.9 Å². The SMILES string of the molecule is COC(=O)[C@]1(C)N[C@H](c2ccc(-c3cccc(Cl)c3)cc2)[C@@H]2C(=O)N(C)C(=O)[C@@H]21.O=C(O)C(F)(F)F. The maximum Gasteiger partial charge on any atom is 0.490 e. The first-order valence-corrected chi connectivity index (χ1v) is 10.9. The number of rotatable bonds is 3. The molecule has 0 aromatic heterocycles. The molecule has 192 valence electrons. The quantitative estimate of drug-likeness (QED) is 0.465. The highest BCUT2D eigenvalue weighted by Gasteiger charge is 2.66. The normalized spacial score (nSPS) is 25.2. The molecule has 0 aliphatic carbocycles. The van der Waals surface area contributed by atoms with Gasteiger partial charge in [-0.1, -0.05) is 48.0 Å². The van der Waals surface area contributed by atoms with Gasteiger partial charge in [-0.15, -0.1) is 0 Å². The molecule has 2 N–H and O–H groups in total. The van der Waals surface area contributed by atoms with E-state index >= 15 is 0 Å². The van der Waals surface area contributed by atoms with Gasteiger partial charge >= 0.3 is 18.1 Å². The van der Waals surface area contributed by atoms with Gasteiger partial charge in [0.1, 0.15) is 5.54 Å². The van der Waals surface area contributed by atoms with Crippen LogP contribution in [-0.2, 0) is 23.9 Å². The van der Waals surface area contributed by atoms with Gasteiger partial charge < -0.3 is 9.84 Å². The second-order valence-corrected chi connectivity index (χ2v) is 8.93. The van der Waals surface area contributed by atoms with Crippen LogP contribution >= 0.6 is 11.6 Å². The summed E-state index contributed by atoms with van der Waals surface area (Å²) >= 11 is 6.08. The van der Waals surface area contributed by atoms with Crippen LogP contribution in [0.4, 0.5) is 13.2 Å². The third kappa shape index (κ3) is 4.93. The fraction of sp³-hybridized carbons (Fsp3) is 0.333. The molecule has 12 heteroatoms. The number of nitrogens with zero attached hydrogens (tertiary/aromatic N) is 1. The lowest BCUT2D eigenvalue weighted by molar-refractivity contribution is -0.192. The minimum Gasteiger partial charge on any atom is -0.475 e. The molecule has 0 bridgehead atoms. The standard InChI is InChI=1S/C22H21ClN2O4.C2HF3O2/c1-22(21(28)29-3)17-16(19(26)25(2)20(17)27)18(24-22)13-9-7-12(8-10-13)14-5-4-6-15(23)11-14;3-2(4,5)1(6)7/h4-11,16-18,24H,1-3H3;(H,6,7)/t16-,17-,18-,22-;/m1./s1. The number of carbonyl (C=O) groups excluding carboxylic acids is 3. The van der Waals surface area contributed by atoms with Gasteiger partial charge in [0.25, 0.3) is 0 Å². The van der Waals surface area contributed by atoms with Crippen LogP contribution < -0.4 is 5.32 Å². The Morgan fingerprint density at radius 3 is 2.17 bits per heavy atom. The van der Waals surface area contributed by atoms with E-state index in [1.165, 1.54) is 14.2 Å². The number of likely N-dealkylation sites (tertiary alicyclic amines) is 1. The third-order valence-electron chi connectivity index (χ3n) is 6.29. The van der Waals surface area contributed by atoms with E-state index in [-0.39, 0.29) is 11.8 Å². The fourth-order valence-electron chi connectivity index (χ4n) is 4.52. The van der Waals surface area contributed by atoms with Crippen LogP contribution in [0.2, 0.25) is 5.02 Å². The molecule has 2 aliphatic rings. The molecule has 2 amide bonds. The highest BCUT2D eigenvalue weighted by molar-refractivity contribution is 6.30. The van der Waals surface area contributed by atoms with E-state index < -0.39 is 41.5 Å². The van der Waals surface area contributed by atoms with Crippen LogP contribution in [-0.4, -0.2) is 59.6 Å². The molecule has 8 nitrogen and oxygen atoms in total. The predicted octanol–water partition coefficient (Wildman–Crippen LogP) is 3.45. The molecule has 2 aromatic rings. The van der Waals surface area contributed by atoms with Crippen LogP contribution in [0.5, 0.6) is 0 Å². The number of halogens is 4. The summed E-state index contributed by atoms with van der Waals surface area (Å²) in [6.07, 6.45) is -5.08. The molecule has 36 heavy (non-hydrogen) atoms. The Bertz CT molecular complexity index is 1200. The number of hydrogen-bond donors (Lipinski definition) is 2. The van der Waals surface area contributed by atoms with Crippen molar-refractivity contribution in [3.8, 4) is 11.1 Å². The number of benzene rings is 2. The summed E-state index contributed by atoms with van der Waals surface area (Å²) in [7, 11) is 2.74. The Morgan fingerprint density at radius 1 is 1.08 bits per heavy atom. The molecular formula is C24H22ClF3N2O6. The van der Waals surface area contributed by atoms with E-state index in [1.807, 2.05) is 48.5 Å². The Kier molecular flexibility index (Phi) is 7.47. The number of hydrogen-bond acceptors (Lipinski definition) is 6. The topological polar surface area (TPSA) is 113 Å². The smallest absolute Gasteiger partial charge is 0.475 e. The van der Waals surface area contributed by atoms with E-state index in [2.05, 4.69) is 5.32 Å². The largest absolute Gasteiger partial charge is 0.490 e. The van der Waals surface area contributed by atoms with Gasteiger partial charge in [0.2, 0.25) is 11.8 Å². The van der Waals surface area contributed by atoms with E-state index in [0.29, 0.717) is 5.02 Å². The summed E-state index contributed by atoms with van der Waals surface area (Å²) in [5.41, 5.74) is 1.52. The lowest BCUT2D eigenvalue weighted by Gasteiger charge is -2.27. The average Bonchev–Trinajstić information content (AvgIpc) is 3.27. The molecule has 0 saturated carbocycles. The number of carbonyl (C=O) groups is 4. The van der Waals surface area contributed by atoms with Crippen LogP contribution in [0.1, 0.15) is 18.5 Å². The Labute approximate surface area is 209 Å². The van der Waals surface area contributed by atoms with Crippen LogP contribution in [0, 0.1) is 11.8 Å². The first-order chi connectivity index (χ1) is 16.7. The van der Waals surface area contributed by atoms with Crippen molar-refractivity contribution in [1.82, 2.24) is 10.2 Å². The van der Waals surface area contributed by atoms with Crippen molar-refractivity contribution in [2.45, 2.75) is 24.7 Å². The minimum atomic E-state index is -5.08. The second-order valence-electron chi connectivity index (χ2n) is 8.49. The van der Waals surface area contributed by atoms with Gasteiger partial charge in [0, 0.05) is 18.1 Å². The Balaban J connectivity index is 0.000000454. The minimum absolute atomic E-state index is 0.288. The number of alkyl halides is 3. The Morgan fingerprint density at radius 2 is 1.67 bits per heavy atom. The zero-order chi connectivity index (χ0) is 27.0. The average molecular weight is 527 g/mol. The molecule has 2 fully saturated rings. The van der Waals surface area contributed by atoms with Crippen LogP contribution in [0.15, 0.2) is 48.5 Å². The number of ether oxygens (including phenoxy) is 1. The summed E-state index contributed by atoms with van der Waals surface area (Å²) in [4.78, 5) is 48.0. The summed E-state index contributed by atoms with van der Waals surface area (Å²) < 4.78 is 36.7. The first-order valence-electron chi connectivity index (χ1n) is 10.6. The number of amides is 2. The maximum atomic E-state index is 12.8. The van der Waals surface area contributed by atoms with E-state index in [9.17, 15) is 27.6 Å². The van der Waals surface area contributed by atoms with Gasteiger partial charge in [-0.05, 0) is 35.7 Å². The Hall–Kier alpha value is -3.44. The summed E-state index contributed by atoms with van der Waals surface area (Å²) in [5.74, 6) is -5.42. The van der Waals surface area contributed by atoms with Crippen molar-refractivity contribution in [2.75, 3.05) is 14.2 Å². The van der Waals surface area contributed by atoms with E-state index in [1.54, 1.807) is 6.92 Å². The molecule has 0 unspecified atom stereocenters. The fourth-order valence-corrected chi connectivity index (χ4v) is 4.71. The number of methoxy groups -OCH3 is 1. The molecule has 2 heterocycles. The molecular weight excluding hydrogens is 505 g/mol. The van der Waals surface area contributed by atoms with Gasteiger partial charge in [-0.3, -0.25) is 24.6 Å². The molecule has 2 aliphatic heterocycles. The summed E-state index contributed by atoms with van der Waals surface area (Å²) in [6, 6.07) is 14.8. The first kappa shape index (κ1) is 27.2. The van der Waals surface area contributed by atoms with Crippen molar-refractivity contribution in [1.29, 1.82) is 0 Å². The zero-order valence-electron chi connectivity index (χ0n) is 19.3. The maximum absolute atomic E-state index is 12.8. The van der Waals surface area contributed by atoms with Crippen molar-refractivity contribution in [3.63, 3.8) is 0 Å². The van der Waals surface area contributed by atoms with Crippen molar-refractivity contribution in [2.24, 2.45) is 11.8 Å². The lowest BCUT2D eigenvalue weighted by Crippen LogP contribution is -2.53. The van der Waals surface area contributed by atoms with Crippen LogP contribution in [0.25, 0.3) is 11.1 Å². The van der Waals surface area contributed by atoms with E-state index in [0.717, 1.165) is 21.6 Å². The number of esters is 1. The number of nitrogens with one attached hydrogen (secondary N) is 1. The molecule has 4 atom stereocenters. The number of carboxylic acid groups (broad SMARTS) is 1. The van der Waals surface area contributed by atoms with Crippen molar-refractivity contribution < 1.29 is 42.2 Å². The molecule has 0 radical (unpaired) electrons. The monoisotopic (exact) mass is 526 g/mol. The highest BCUT2D eigenvalue weighted by Crippen LogP contribution is 2.48. The third-order valence-corrected chi connectivity index (χ3v) is 6.52. The number of carboxylic acids is 1. The van der Waals surface area contributed by atoms with Crippen LogP contribution in [0.3, 0.4) is 0 Å². The van der Waals surface area contributed by atoms with Gasteiger partial charge in [-0.25, -0.2) is 4.79 Å². The predicted molar refractivity (Wildman–Crippen MR) is 122 cm³/mol. The molecule has 4 rings (SSSR count). The number of aliphatic carboxylic acids is 1. The molecule has 0 spiro atoms. The van der Waals surface area contributed by atoms with Crippen molar-refractivity contribution in [3.05, 3.63) is 59.1 Å².